The van der Waals surface area contributed by atoms with E-state index in [-0.39, 0.29) is 17.5 Å². The first kappa shape index (κ1) is 10.8. The van der Waals surface area contributed by atoms with Crippen LogP contribution in [-0.4, -0.2) is 16.8 Å². The van der Waals surface area contributed by atoms with E-state index in [0.717, 1.165) is 0 Å². The van der Waals surface area contributed by atoms with Crippen LogP contribution in [-0.2, 0) is 4.84 Å². The van der Waals surface area contributed by atoms with Crippen LogP contribution < -0.4 is 5.48 Å². The normalized spacial score (nSPS) is 12.7. The zero-order chi connectivity index (χ0) is 10.6. The Morgan fingerprint density at radius 2 is 2.14 bits per heavy atom. The van der Waals surface area contributed by atoms with Crippen molar-refractivity contribution >= 4 is 0 Å². The summed E-state index contributed by atoms with van der Waals surface area (Å²) in [6.07, 6.45) is 0. The fraction of sp³-hybridized carbons (Fsp3) is 0.400. The van der Waals surface area contributed by atoms with E-state index in [9.17, 15) is 5.11 Å². The van der Waals surface area contributed by atoms with E-state index in [1.54, 1.807) is 6.07 Å². The SMILES string of the molecule is CCONC(C)c1ccc(O)cc1O. The van der Waals surface area contributed by atoms with Gasteiger partial charge < -0.3 is 15.1 Å². The number of benzene rings is 1. The first-order chi connectivity index (χ1) is 6.65. The van der Waals surface area contributed by atoms with Gasteiger partial charge in [0.1, 0.15) is 11.5 Å². The molecule has 0 spiro atoms. The van der Waals surface area contributed by atoms with Crippen LogP contribution in [0.25, 0.3) is 0 Å². The van der Waals surface area contributed by atoms with Crippen LogP contribution in [0.5, 0.6) is 11.5 Å². The summed E-state index contributed by atoms with van der Waals surface area (Å²) >= 11 is 0. The van der Waals surface area contributed by atoms with E-state index in [1.165, 1.54) is 12.1 Å². The van der Waals surface area contributed by atoms with Gasteiger partial charge in [-0.05, 0) is 19.9 Å². The summed E-state index contributed by atoms with van der Waals surface area (Å²) in [5.74, 6) is 0.111. The molecule has 0 aliphatic carbocycles. The van der Waals surface area contributed by atoms with Crippen LogP contribution in [0.15, 0.2) is 18.2 Å². The molecule has 1 atom stereocenters. The smallest absolute Gasteiger partial charge is 0.124 e. The lowest BCUT2D eigenvalue weighted by Gasteiger charge is -2.14. The topological polar surface area (TPSA) is 61.7 Å². The van der Waals surface area contributed by atoms with Crippen molar-refractivity contribution < 1.29 is 15.1 Å². The molecule has 1 aromatic carbocycles. The molecule has 14 heavy (non-hydrogen) atoms. The molecule has 1 rings (SSSR count). The second-order valence-electron chi connectivity index (χ2n) is 3.02. The van der Waals surface area contributed by atoms with Crippen molar-refractivity contribution in [3.63, 3.8) is 0 Å². The van der Waals surface area contributed by atoms with Crippen molar-refractivity contribution in [2.24, 2.45) is 0 Å². The van der Waals surface area contributed by atoms with Gasteiger partial charge in [-0.1, -0.05) is 6.07 Å². The summed E-state index contributed by atoms with van der Waals surface area (Å²) in [6, 6.07) is 4.37. The molecule has 78 valence electrons. The van der Waals surface area contributed by atoms with Gasteiger partial charge in [-0.15, -0.1) is 0 Å². The van der Waals surface area contributed by atoms with E-state index >= 15 is 0 Å². The average Bonchev–Trinajstić information content (AvgIpc) is 2.14. The summed E-state index contributed by atoms with van der Waals surface area (Å²) in [5, 5.41) is 18.6. The van der Waals surface area contributed by atoms with E-state index in [1.807, 2.05) is 13.8 Å². The maximum absolute atomic E-state index is 9.51. The monoisotopic (exact) mass is 197 g/mol. The second-order valence-corrected chi connectivity index (χ2v) is 3.02. The number of hydrogen-bond acceptors (Lipinski definition) is 4. The molecule has 4 nitrogen and oxygen atoms in total. The third kappa shape index (κ3) is 2.61. The van der Waals surface area contributed by atoms with Gasteiger partial charge in [-0.3, -0.25) is 0 Å². The Hall–Kier alpha value is -1.26. The molecule has 4 heteroatoms. The number of nitrogens with one attached hydrogen (secondary N) is 1. The summed E-state index contributed by atoms with van der Waals surface area (Å²) in [6.45, 7) is 4.29. The van der Waals surface area contributed by atoms with Gasteiger partial charge in [0.25, 0.3) is 0 Å². The quantitative estimate of drug-likeness (QED) is 0.643. The maximum atomic E-state index is 9.51. The third-order valence-electron chi connectivity index (χ3n) is 1.88. The van der Waals surface area contributed by atoms with Crippen LogP contribution in [0.3, 0.4) is 0 Å². The number of phenolic OH excluding ortho intramolecular Hbond substituents is 2. The van der Waals surface area contributed by atoms with Crippen molar-refractivity contribution in [3.8, 4) is 11.5 Å². The molecule has 0 radical (unpaired) electrons. The zero-order valence-corrected chi connectivity index (χ0v) is 8.32. The van der Waals surface area contributed by atoms with Crippen LogP contribution in [0.1, 0.15) is 25.5 Å². The molecular formula is C10H15NO3. The maximum Gasteiger partial charge on any atom is 0.124 e. The Kier molecular flexibility index (Phi) is 3.73. The van der Waals surface area contributed by atoms with Gasteiger partial charge in [-0.25, -0.2) is 0 Å². The Labute approximate surface area is 83.1 Å². The Morgan fingerprint density at radius 1 is 1.43 bits per heavy atom. The fourth-order valence-corrected chi connectivity index (χ4v) is 1.17. The number of hydroxylamine groups is 1. The van der Waals surface area contributed by atoms with Crippen LogP contribution >= 0.6 is 0 Å². The minimum Gasteiger partial charge on any atom is -0.508 e. The lowest BCUT2D eigenvalue weighted by molar-refractivity contribution is 0.0279. The van der Waals surface area contributed by atoms with Crippen molar-refractivity contribution in [1.82, 2.24) is 5.48 Å². The zero-order valence-electron chi connectivity index (χ0n) is 8.32. The molecule has 0 saturated heterocycles. The van der Waals surface area contributed by atoms with Crippen molar-refractivity contribution in [3.05, 3.63) is 23.8 Å². The van der Waals surface area contributed by atoms with E-state index in [4.69, 9.17) is 9.94 Å². The fourth-order valence-electron chi connectivity index (χ4n) is 1.17. The predicted molar refractivity (Wildman–Crippen MR) is 52.9 cm³/mol. The van der Waals surface area contributed by atoms with Crippen molar-refractivity contribution in [1.29, 1.82) is 0 Å². The van der Waals surface area contributed by atoms with E-state index < -0.39 is 0 Å². The lowest BCUT2D eigenvalue weighted by Crippen LogP contribution is -2.18. The van der Waals surface area contributed by atoms with E-state index in [2.05, 4.69) is 5.48 Å². The highest BCUT2D eigenvalue weighted by atomic mass is 16.6. The molecule has 3 N–H and O–H groups in total. The van der Waals surface area contributed by atoms with Crippen LogP contribution in [0, 0.1) is 0 Å². The summed E-state index contributed by atoms with van der Waals surface area (Å²) in [7, 11) is 0. The molecule has 0 heterocycles. The van der Waals surface area contributed by atoms with Gasteiger partial charge in [-0.2, -0.15) is 5.48 Å². The van der Waals surface area contributed by atoms with Crippen LogP contribution in [0.2, 0.25) is 0 Å². The Bertz CT molecular complexity index is 301. The minimum atomic E-state index is -0.115. The molecule has 0 bridgehead atoms. The highest BCUT2D eigenvalue weighted by Crippen LogP contribution is 2.27. The largest absolute Gasteiger partial charge is 0.508 e. The first-order valence-electron chi connectivity index (χ1n) is 4.54. The Morgan fingerprint density at radius 3 is 2.71 bits per heavy atom. The van der Waals surface area contributed by atoms with Crippen molar-refractivity contribution in [2.75, 3.05) is 6.61 Å². The number of rotatable bonds is 4. The highest BCUT2D eigenvalue weighted by molar-refractivity contribution is 5.40. The number of aromatic hydroxyl groups is 2. The third-order valence-corrected chi connectivity index (χ3v) is 1.88. The highest BCUT2D eigenvalue weighted by Gasteiger charge is 2.10. The first-order valence-corrected chi connectivity index (χ1v) is 4.54. The molecule has 1 aromatic rings. The summed E-state index contributed by atoms with van der Waals surface area (Å²) in [4.78, 5) is 5.01. The average molecular weight is 197 g/mol. The van der Waals surface area contributed by atoms with Gasteiger partial charge in [0.05, 0.1) is 12.6 Å². The van der Waals surface area contributed by atoms with Crippen LogP contribution in [0.4, 0.5) is 0 Å². The molecule has 1 unspecified atom stereocenters. The molecule has 0 fully saturated rings. The second kappa shape index (κ2) is 4.83. The number of hydrogen-bond donors (Lipinski definition) is 3. The van der Waals surface area contributed by atoms with Crippen molar-refractivity contribution in [2.45, 2.75) is 19.9 Å². The number of phenols is 2. The van der Waals surface area contributed by atoms with Gasteiger partial charge in [0.15, 0.2) is 0 Å². The molecule has 0 amide bonds. The summed E-state index contributed by atoms with van der Waals surface area (Å²) < 4.78 is 0. The molecule has 0 saturated carbocycles. The Balaban J connectivity index is 2.74. The van der Waals surface area contributed by atoms with Gasteiger partial charge in [0, 0.05) is 11.6 Å². The molecule has 0 aliphatic heterocycles. The molecular weight excluding hydrogens is 182 g/mol. The van der Waals surface area contributed by atoms with Gasteiger partial charge in [0.2, 0.25) is 0 Å². The lowest BCUT2D eigenvalue weighted by atomic mass is 10.1. The molecule has 0 aromatic heterocycles. The minimum absolute atomic E-state index is 0.0508. The predicted octanol–water partition coefficient (Wildman–Crippen LogP) is 1.70. The van der Waals surface area contributed by atoms with Gasteiger partial charge >= 0.3 is 0 Å². The summed E-state index contributed by atoms with van der Waals surface area (Å²) in [5.41, 5.74) is 3.46. The van der Waals surface area contributed by atoms with E-state index in [0.29, 0.717) is 12.2 Å². The standard InChI is InChI=1S/C10H15NO3/c1-3-14-11-7(2)9-5-4-8(12)6-10(9)13/h4-7,11-13H,3H2,1-2H3. The molecule has 0 aliphatic rings.